The van der Waals surface area contributed by atoms with Gasteiger partial charge in [-0.05, 0) is 35.4 Å². The molecule has 0 spiro atoms. The van der Waals surface area contributed by atoms with E-state index in [1.54, 1.807) is 24.3 Å². The average molecular weight is 432 g/mol. The number of nitrogens with one attached hydrogen (secondary N) is 1. The maximum absolute atomic E-state index is 14.5. The Hall–Kier alpha value is -4.31. The number of carbonyl (C=O) groups excluding carboxylic acids is 1. The van der Waals surface area contributed by atoms with Crippen molar-refractivity contribution in [3.8, 4) is 11.3 Å². The lowest BCUT2D eigenvalue weighted by Crippen LogP contribution is -2.29. The van der Waals surface area contributed by atoms with Crippen LogP contribution in [0.25, 0.3) is 22.2 Å². The summed E-state index contributed by atoms with van der Waals surface area (Å²) in [4.78, 5) is 18.3. The fourth-order valence-corrected chi connectivity index (χ4v) is 4.03. The van der Waals surface area contributed by atoms with E-state index in [2.05, 4.69) is 10.3 Å². The van der Waals surface area contributed by atoms with E-state index in [0.29, 0.717) is 22.3 Å². The maximum Gasteiger partial charge on any atom is 0.252 e. The summed E-state index contributed by atoms with van der Waals surface area (Å²) >= 11 is 0. The molecule has 0 fully saturated rings. The number of halogens is 1. The molecule has 5 rings (SSSR count). The minimum atomic E-state index is -0.377. The number of fused-ring (bicyclic) bond motifs is 1. The van der Waals surface area contributed by atoms with E-state index in [1.165, 1.54) is 6.07 Å². The summed E-state index contributed by atoms with van der Waals surface area (Å²) in [5, 5.41) is 3.91. The lowest BCUT2D eigenvalue weighted by molar-refractivity contribution is 0.0944. The largest absolute Gasteiger partial charge is 0.341 e. The SMILES string of the molecule is O=C(NC(c1ccccc1)c1ccccc1)c1cc(-c2ccccc2F)nc2ccccc12. The Bertz CT molecular complexity index is 1380. The summed E-state index contributed by atoms with van der Waals surface area (Å²) in [6.07, 6.45) is 0. The fraction of sp³-hybridized carbons (Fsp3) is 0.0345. The summed E-state index contributed by atoms with van der Waals surface area (Å²) < 4.78 is 14.5. The van der Waals surface area contributed by atoms with Gasteiger partial charge in [0, 0.05) is 10.9 Å². The predicted octanol–water partition coefficient (Wildman–Crippen LogP) is 6.56. The summed E-state index contributed by atoms with van der Waals surface area (Å²) in [5.74, 6) is -0.623. The van der Waals surface area contributed by atoms with Crippen LogP contribution in [0.15, 0.2) is 115 Å². The minimum Gasteiger partial charge on any atom is -0.341 e. The Morgan fingerprint density at radius 2 is 1.30 bits per heavy atom. The second kappa shape index (κ2) is 9.05. The molecule has 0 saturated carbocycles. The topological polar surface area (TPSA) is 42.0 Å². The van der Waals surface area contributed by atoms with Crippen LogP contribution in [0.1, 0.15) is 27.5 Å². The van der Waals surface area contributed by atoms with Crippen LogP contribution in [-0.2, 0) is 0 Å². The Labute approximate surface area is 191 Å². The van der Waals surface area contributed by atoms with Gasteiger partial charge in [-0.2, -0.15) is 0 Å². The number of nitrogens with zero attached hydrogens (tertiary/aromatic N) is 1. The van der Waals surface area contributed by atoms with Crippen LogP contribution in [0.2, 0.25) is 0 Å². The summed E-state index contributed by atoms with van der Waals surface area (Å²) in [7, 11) is 0. The van der Waals surface area contributed by atoms with Gasteiger partial charge in [0.2, 0.25) is 0 Å². The third-order valence-corrected chi connectivity index (χ3v) is 5.65. The number of amides is 1. The second-order valence-electron chi connectivity index (χ2n) is 7.78. The molecule has 33 heavy (non-hydrogen) atoms. The first-order chi connectivity index (χ1) is 16.2. The van der Waals surface area contributed by atoms with Gasteiger partial charge in [0.15, 0.2) is 0 Å². The van der Waals surface area contributed by atoms with Crippen LogP contribution in [0, 0.1) is 5.82 Å². The van der Waals surface area contributed by atoms with Crippen molar-refractivity contribution in [1.29, 1.82) is 0 Å². The molecule has 0 aliphatic carbocycles. The van der Waals surface area contributed by atoms with Gasteiger partial charge in [0.05, 0.1) is 22.8 Å². The van der Waals surface area contributed by atoms with Gasteiger partial charge in [-0.3, -0.25) is 4.79 Å². The van der Waals surface area contributed by atoms with Crippen molar-refractivity contribution in [2.75, 3.05) is 0 Å². The monoisotopic (exact) mass is 432 g/mol. The molecule has 0 unspecified atom stereocenters. The first-order valence-electron chi connectivity index (χ1n) is 10.8. The standard InChI is InChI=1S/C29H21FN2O/c30-25-17-9-7-16-23(25)27-19-24(22-15-8-10-18-26(22)31-27)29(33)32-28(20-11-3-1-4-12-20)21-13-5-2-6-14-21/h1-19,28H,(H,32,33). The third-order valence-electron chi connectivity index (χ3n) is 5.65. The molecule has 3 nitrogen and oxygen atoms in total. The Morgan fingerprint density at radius 3 is 1.97 bits per heavy atom. The smallest absolute Gasteiger partial charge is 0.252 e. The van der Waals surface area contributed by atoms with E-state index in [4.69, 9.17) is 0 Å². The van der Waals surface area contributed by atoms with Crippen LogP contribution >= 0.6 is 0 Å². The first-order valence-corrected chi connectivity index (χ1v) is 10.8. The van der Waals surface area contributed by atoms with Crippen LogP contribution < -0.4 is 5.32 Å². The molecule has 0 aliphatic heterocycles. The normalized spacial score (nSPS) is 11.0. The van der Waals surface area contributed by atoms with Crippen molar-refractivity contribution in [3.63, 3.8) is 0 Å². The third kappa shape index (κ3) is 4.23. The Balaban J connectivity index is 1.61. The first kappa shape index (κ1) is 20.6. The molecule has 0 bridgehead atoms. The highest BCUT2D eigenvalue weighted by Crippen LogP contribution is 2.28. The fourth-order valence-electron chi connectivity index (χ4n) is 4.03. The van der Waals surface area contributed by atoms with Gasteiger partial charge in [-0.15, -0.1) is 0 Å². The number of hydrogen-bond acceptors (Lipinski definition) is 2. The van der Waals surface area contributed by atoms with Gasteiger partial charge < -0.3 is 5.32 Å². The molecule has 160 valence electrons. The Morgan fingerprint density at radius 1 is 0.727 bits per heavy atom. The quantitative estimate of drug-likeness (QED) is 0.342. The Kier molecular flexibility index (Phi) is 5.64. The average Bonchev–Trinajstić information content (AvgIpc) is 2.88. The number of pyridine rings is 1. The summed E-state index contributed by atoms with van der Waals surface area (Å²) in [5.41, 5.74) is 3.83. The van der Waals surface area contributed by atoms with E-state index in [-0.39, 0.29) is 17.8 Å². The van der Waals surface area contributed by atoms with Crippen molar-refractivity contribution in [3.05, 3.63) is 138 Å². The molecule has 5 aromatic rings. The van der Waals surface area contributed by atoms with E-state index < -0.39 is 0 Å². The van der Waals surface area contributed by atoms with Crippen molar-refractivity contribution in [2.24, 2.45) is 0 Å². The number of hydrogen-bond donors (Lipinski definition) is 1. The van der Waals surface area contributed by atoms with Gasteiger partial charge in [0.1, 0.15) is 5.82 Å². The van der Waals surface area contributed by atoms with Gasteiger partial charge in [0.25, 0.3) is 5.91 Å². The summed E-state index contributed by atoms with van der Waals surface area (Å²) in [6, 6.07) is 34.9. The number of carbonyl (C=O) groups is 1. The number of rotatable bonds is 5. The molecule has 0 aliphatic rings. The van der Waals surface area contributed by atoms with Gasteiger partial charge in [-0.1, -0.05) is 91.0 Å². The van der Waals surface area contributed by atoms with E-state index >= 15 is 0 Å². The molecule has 0 atom stereocenters. The molecule has 0 saturated heterocycles. The zero-order valence-electron chi connectivity index (χ0n) is 17.8. The summed E-state index contributed by atoms with van der Waals surface area (Å²) in [6.45, 7) is 0. The van der Waals surface area contributed by atoms with Crippen LogP contribution in [0.3, 0.4) is 0 Å². The molecular weight excluding hydrogens is 411 g/mol. The molecule has 1 N–H and O–H groups in total. The second-order valence-corrected chi connectivity index (χ2v) is 7.78. The van der Waals surface area contributed by atoms with Crippen molar-refractivity contribution in [2.45, 2.75) is 6.04 Å². The predicted molar refractivity (Wildman–Crippen MR) is 129 cm³/mol. The van der Waals surface area contributed by atoms with Gasteiger partial charge >= 0.3 is 0 Å². The molecule has 1 heterocycles. The lowest BCUT2D eigenvalue weighted by Gasteiger charge is -2.21. The number of para-hydroxylation sites is 1. The zero-order valence-corrected chi connectivity index (χ0v) is 17.8. The number of benzene rings is 4. The molecule has 0 radical (unpaired) electrons. The van der Waals surface area contributed by atoms with Crippen molar-refractivity contribution >= 4 is 16.8 Å². The van der Waals surface area contributed by atoms with E-state index in [1.807, 2.05) is 84.9 Å². The van der Waals surface area contributed by atoms with Crippen LogP contribution in [0.4, 0.5) is 4.39 Å². The number of aromatic nitrogens is 1. The minimum absolute atomic E-state index is 0.246. The zero-order chi connectivity index (χ0) is 22.6. The van der Waals surface area contributed by atoms with Crippen molar-refractivity contribution < 1.29 is 9.18 Å². The van der Waals surface area contributed by atoms with E-state index in [9.17, 15) is 9.18 Å². The maximum atomic E-state index is 14.5. The molecule has 1 aromatic heterocycles. The lowest BCUT2D eigenvalue weighted by atomic mass is 9.97. The highest BCUT2D eigenvalue weighted by atomic mass is 19.1. The molecule has 4 aromatic carbocycles. The van der Waals surface area contributed by atoms with Gasteiger partial charge in [-0.25, -0.2) is 9.37 Å². The van der Waals surface area contributed by atoms with Crippen molar-refractivity contribution in [1.82, 2.24) is 10.3 Å². The van der Waals surface area contributed by atoms with Crippen LogP contribution in [-0.4, -0.2) is 10.9 Å². The highest BCUT2D eigenvalue weighted by molar-refractivity contribution is 6.07. The van der Waals surface area contributed by atoms with Crippen LogP contribution in [0.5, 0.6) is 0 Å². The molecule has 4 heteroatoms. The molecule has 1 amide bonds. The highest BCUT2D eigenvalue weighted by Gasteiger charge is 2.21. The molecular formula is C29H21FN2O. The van der Waals surface area contributed by atoms with E-state index in [0.717, 1.165) is 16.5 Å².